The molecule has 0 radical (unpaired) electrons. The van der Waals surface area contributed by atoms with Crippen molar-refractivity contribution in [2.45, 2.75) is 77.3 Å². The van der Waals surface area contributed by atoms with Crippen LogP contribution in [-0.2, 0) is 0 Å². The molecule has 0 aromatic heterocycles. The molecule has 15 heavy (non-hydrogen) atoms. The first-order valence-electron chi connectivity index (χ1n) is 7.03. The monoisotopic (exact) mass is 209 g/mol. The lowest BCUT2D eigenvalue weighted by Gasteiger charge is -2.38. The molecule has 88 valence electrons. The fourth-order valence-electron chi connectivity index (χ4n) is 3.39. The van der Waals surface area contributed by atoms with Crippen LogP contribution in [0, 0.1) is 11.8 Å². The summed E-state index contributed by atoms with van der Waals surface area (Å²) < 4.78 is 0. The lowest BCUT2D eigenvalue weighted by molar-refractivity contribution is 0.182. The van der Waals surface area contributed by atoms with Crippen LogP contribution in [0.3, 0.4) is 0 Å². The van der Waals surface area contributed by atoms with Crippen molar-refractivity contribution in [1.29, 1.82) is 0 Å². The maximum atomic E-state index is 3.94. The molecule has 0 aliphatic heterocycles. The largest absolute Gasteiger partial charge is 0.311 e. The maximum absolute atomic E-state index is 3.94. The molecular weight excluding hydrogens is 182 g/mol. The van der Waals surface area contributed by atoms with Crippen molar-refractivity contribution in [3.8, 4) is 0 Å². The SMILES string of the molecule is CC1CCCC(NC2CCCCC2)C1C. The highest BCUT2D eigenvalue weighted by Crippen LogP contribution is 2.30. The molecule has 1 heteroatoms. The predicted molar refractivity (Wildman–Crippen MR) is 66.0 cm³/mol. The molecule has 0 amide bonds. The van der Waals surface area contributed by atoms with E-state index in [1.165, 1.54) is 51.4 Å². The zero-order valence-corrected chi connectivity index (χ0v) is 10.5. The van der Waals surface area contributed by atoms with Crippen LogP contribution in [0.5, 0.6) is 0 Å². The van der Waals surface area contributed by atoms with E-state index in [2.05, 4.69) is 19.2 Å². The molecule has 1 N–H and O–H groups in total. The quantitative estimate of drug-likeness (QED) is 0.730. The fourth-order valence-corrected chi connectivity index (χ4v) is 3.39. The summed E-state index contributed by atoms with van der Waals surface area (Å²) in [5.41, 5.74) is 0. The molecule has 0 spiro atoms. The molecule has 1 nitrogen and oxygen atoms in total. The molecule has 2 fully saturated rings. The van der Waals surface area contributed by atoms with E-state index in [1.807, 2.05) is 0 Å². The van der Waals surface area contributed by atoms with E-state index in [4.69, 9.17) is 0 Å². The van der Waals surface area contributed by atoms with Crippen molar-refractivity contribution in [1.82, 2.24) is 5.32 Å². The smallest absolute Gasteiger partial charge is 0.00978 e. The van der Waals surface area contributed by atoms with Crippen molar-refractivity contribution in [2.75, 3.05) is 0 Å². The van der Waals surface area contributed by atoms with Crippen molar-refractivity contribution in [2.24, 2.45) is 11.8 Å². The van der Waals surface area contributed by atoms with Gasteiger partial charge in [0.05, 0.1) is 0 Å². The van der Waals surface area contributed by atoms with Gasteiger partial charge in [-0.25, -0.2) is 0 Å². The molecular formula is C14H27N. The van der Waals surface area contributed by atoms with E-state index >= 15 is 0 Å². The van der Waals surface area contributed by atoms with E-state index in [-0.39, 0.29) is 0 Å². The zero-order valence-electron chi connectivity index (χ0n) is 10.5. The summed E-state index contributed by atoms with van der Waals surface area (Å²) >= 11 is 0. The second-order valence-electron chi connectivity index (χ2n) is 5.88. The maximum Gasteiger partial charge on any atom is 0.00978 e. The molecule has 3 atom stereocenters. The van der Waals surface area contributed by atoms with E-state index in [9.17, 15) is 0 Å². The van der Waals surface area contributed by atoms with Gasteiger partial charge in [-0.15, -0.1) is 0 Å². The summed E-state index contributed by atoms with van der Waals surface area (Å²) in [6, 6.07) is 1.66. The molecule has 2 aliphatic carbocycles. The molecule has 2 saturated carbocycles. The number of hydrogen-bond donors (Lipinski definition) is 1. The molecule has 2 rings (SSSR count). The predicted octanol–water partition coefficient (Wildman–Crippen LogP) is 3.73. The van der Waals surface area contributed by atoms with Crippen LogP contribution in [0.15, 0.2) is 0 Å². The second kappa shape index (κ2) is 5.34. The summed E-state index contributed by atoms with van der Waals surface area (Å²) in [7, 11) is 0. The van der Waals surface area contributed by atoms with Crippen LogP contribution in [0.1, 0.15) is 65.2 Å². The summed E-state index contributed by atoms with van der Waals surface area (Å²) in [5.74, 6) is 1.82. The Morgan fingerprint density at radius 2 is 1.53 bits per heavy atom. The standard InChI is InChI=1S/C14H27N/c1-11-7-6-10-14(12(11)2)15-13-8-4-3-5-9-13/h11-15H,3-10H2,1-2H3. The minimum Gasteiger partial charge on any atom is -0.311 e. The van der Waals surface area contributed by atoms with Crippen LogP contribution in [-0.4, -0.2) is 12.1 Å². The molecule has 0 aromatic rings. The average Bonchev–Trinajstić information content (AvgIpc) is 2.26. The Morgan fingerprint density at radius 3 is 2.27 bits per heavy atom. The Hall–Kier alpha value is -0.0400. The second-order valence-corrected chi connectivity index (χ2v) is 5.88. The molecule has 0 saturated heterocycles. The summed E-state index contributed by atoms with van der Waals surface area (Å²) in [4.78, 5) is 0. The topological polar surface area (TPSA) is 12.0 Å². The van der Waals surface area contributed by atoms with Gasteiger partial charge >= 0.3 is 0 Å². The van der Waals surface area contributed by atoms with Gasteiger partial charge in [-0.05, 0) is 31.1 Å². The first kappa shape index (κ1) is 11.4. The van der Waals surface area contributed by atoms with Gasteiger partial charge in [0.15, 0.2) is 0 Å². The Bertz CT molecular complexity index is 184. The third-order valence-electron chi connectivity index (χ3n) is 4.76. The van der Waals surface area contributed by atoms with Gasteiger partial charge in [0, 0.05) is 12.1 Å². The van der Waals surface area contributed by atoms with Crippen LogP contribution >= 0.6 is 0 Å². The minimum atomic E-state index is 0.817. The van der Waals surface area contributed by atoms with Crippen molar-refractivity contribution < 1.29 is 0 Å². The average molecular weight is 209 g/mol. The van der Waals surface area contributed by atoms with Gasteiger partial charge in [0.25, 0.3) is 0 Å². The third-order valence-corrected chi connectivity index (χ3v) is 4.76. The Kier molecular flexibility index (Phi) is 4.07. The Morgan fingerprint density at radius 1 is 0.800 bits per heavy atom. The van der Waals surface area contributed by atoms with E-state index in [1.54, 1.807) is 0 Å². The van der Waals surface area contributed by atoms with E-state index < -0.39 is 0 Å². The Labute approximate surface area is 95.0 Å². The fraction of sp³-hybridized carbons (Fsp3) is 1.00. The first-order valence-corrected chi connectivity index (χ1v) is 7.03. The number of hydrogen-bond acceptors (Lipinski definition) is 1. The third kappa shape index (κ3) is 2.96. The van der Waals surface area contributed by atoms with Gasteiger partial charge in [-0.2, -0.15) is 0 Å². The molecule has 0 heterocycles. The molecule has 0 aromatic carbocycles. The minimum absolute atomic E-state index is 0.817. The number of nitrogens with one attached hydrogen (secondary N) is 1. The first-order chi connectivity index (χ1) is 7.27. The Balaban J connectivity index is 1.81. The van der Waals surface area contributed by atoms with Crippen LogP contribution in [0.2, 0.25) is 0 Å². The van der Waals surface area contributed by atoms with Crippen LogP contribution in [0.4, 0.5) is 0 Å². The highest BCUT2D eigenvalue weighted by molar-refractivity contribution is 4.85. The summed E-state index contributed by atoms with van der Waals surface area (Å²) in [5, 5.41) is 3.94. The van der Waals surface area contributed by atoms with Gasteiger partial charge < -0.3 is 5.32 Å². The van der Waals surface area contributed by atoms with Gasteiger partial charge in [0.1, 0.15) is 0 Å². The highest BCUT2D eigenvalue weighted by atomic mass is 15.0. The number of rotatable bonds is 2. The zero-order chi connectivity index (χ0) is 10.7. The molecule has 3 unspecified atom stereocenters. The molecule has 0 bridgehead atoms. The van der Waals surface area contributed by atoms with E-state index in [0.29, 0.717) is 0 Å². The summed E-state index contributed by atoms with van der Waals surface area (Å²) in [6.45, 7) is 4.88. The highest BCUT2D eigenvalue weighted by Gasteiger charge is 2.28. The van der Waals surface area contributed by atoms with Crippen LogP contribution < -0.4 is 5.32 Å². The molecule has 2 aliphatic rings. The summed E-state index contributed by atoms with van der Waals surface area (Å²) in [6.07, 6.45) is 11.5. The van der Waals surface area contributed by atoms with Gasteiger partial charge in [0.2, 0.25) is 0 Å². The van der Waals surface area contributed by atoms with E-state index in [0.717, 1.165) is 23.9 Å². The van der Waals surface area contributed by atoms with Crippen molar-refractivity contribution >= 4 is 0 Å². The van der Waals surface area contributed by atoms with Crippen LogP contribution in [0.25, 0.3) is 0 Å². The normalized spacial score (nSPS) is 39.2. The van der Waals surface area contributed by atoms with Gasteiger partial charge in [-0.3, -0.25) is 0 Å². The van der Waals surface area contributed by atoms with Gasteiger partial charge in [-0.1, -0.05) is 46.0 Å². The van der Waals surface area contributed by atoms with Crippen molar-refractivity contribution in [3.05, 3.63) is 0 Å². The lowest BCUT2D eigenvalue weighted by Crippen LogP contribution is -2.46. The lowest BCUT2D eigenvalue weighted by atomic mass is 9.77. The van der Waals surface area contributed by atoms with Crippen molar-refractivity contribution in [3.63, 3.8) is 0 Å².